The summed E-state index contributed by atoms with van der Waals surface area (Å²) < 4.78 is 6.99. The van der Waals surface area contributed by atoms with Gasteiger partial charge in [0.2, 0.25) is 5.16 Å². The van der Waals surface area contributed by atoms with E-state index in [0.29, 0.717) is 6.54 Å². The van der Waals surface area contributed by atoms with E-state index in [9.17, 15) is 0 Å². The highest BCUT2D eigenvalue weighted by Crippen LogP contribution is 2.22. The molecule has 0 saturated carbocycles. The molecule has 0 unspecified atom stereocenters. The van der Waals surface area contributed by atoms with Gasteiger partial charge >= 0.3 is 0 Å². The summed E-state index contributed by atoms with van der Waals surface area (Å²) in [6.07, 6.45) is 2.17. The third kappa shape index (κ3) is 4.33. The Balaban J connectivity index is 1.61. The first kappa shape index (κ1) is 16.9. The number of thiazole rings is 1. The molecule has 0 aliphatic rings. The van der Waals surface area contributed by atoms with Crippen LogP contribution in [0.3, 0.4) is 0 Å². The Kier molecular flexibility index (Phi) is 5.81. The highest BCUT2D eigenvalue weighted by Gasteiger charge is 2.09. The Labute approximate surface area is 149 Å². The molecule has 24 heavy (non-hydrogen) atoms. The molecule has 3 aromatic rings. The average molecular weight is 361 g/mol. The molecule has 0 aliphatic heterocycles. The Bertz CT molecular complexity index is 769. The van der Waals surface area contributed by atoms with Crippen molar-refractivity contribution in [3.8, 4) is 5.75 Å². The minimum Gasteiger partial charge on any atom is -0.497 e. The Hall–Kier alpha value is -1.93. The first-order chi connectivity index (χ1) is 11.8. The van der Waals surface area contributed by atoms with Crippen LogP contribution in [0.4, 0.5) is 0 Å². The van der Waals surface area contributed by atoms with E-state index in [1.807, 2.05) is 28.9 Å². The van der Waals surface area contributed by atoms with E-state index in [-0.39, 0.29) is 0 Å². The molecule has 1 aromatic carbocycles. The highest BCUT2D eigenvalue weighted by atomic mass is 32.2. The topological polar surface area (TPSA) is 65.7 Å². The van der Waals surface area contributed by atoms with Gasteiger partial charge in [-0.25, -0.2) is 9.67 Å². The van der Waals surface area contributed by atoms with Crippen molar-refractivity contribution in [3.63, 3.8) is 0 Å². The molecule has 0 spiro atoms. The Morgan fingerprint density at radius 2 is 2.08 bits per heavy atom. The van der Waals surface area contributed by atoms with Crippen molar-refractivity contribution in [1.82, 2.24) is 25.2 Å². The zero-order chi connectivity index (χ0) is 16.8. The van der Waals surface area contributed by atoms with Crippen LogP contribution in [0.5, 0.6) is 5.75 Å². The number of rotatable bonds is 8. The third-order valence-electron chi connectivity index (χ3n) is 3.40. The fourth-order valence-corrected chi connectivity index (χ4v) is 3.96. The molecule has 0 fully saturated rings. The summed E-state index contributed by atoms with van der Waals surface area (Å²) in [5.74, 6) is 1.62. The summed E-state index contributed by atoms with van der Waals surface area (Å²) in [7, 11) is 1.66. The van der Waals surface area contributed by atoms with Crippen molar-refractivity contribution < 1.29 is 4.74 Å². The SMILES string of the molecule is CCCc1nc(CSc2nnnn2Cc2ccc(OC)cc2)cs1. The molecular weight excluding hydrogens is 342 g/mol. The predicted molar refractivity (Wildman–Crippen MR) is 95.6 cm³/mol. The molecular formula is C16H19N5OS2. The summed E-state index contributed by atoms with van der Waals surface area (Å²) in [6, 6.07) is 7.92. The van der Waals surface area contributed by atoms with Crippen LogP contribution in [0.1, 0.15) is 29.6 Å². The second-order valence-electron chi connectivity index (χ2n) is 5.24. The molecule has 2 heterocycles. The van der Waals surface area contributed by atoms with Crippen molar-refractivity contribution in [2.45, 2.75) is 37.2 Å². The molecule has 126 valence electrons. The first-order valence-corrected chi connectivity index (χ1v) is 9.60. The van der Waals surface area contributed by atoms with Gasteiger partial charge in [-0.05, 0) is 41.0 Å². The van der Waals surface area contributed by atoms with Crippen molar-refractivity contribution >= 4 is 23.1 Å². The normalized spacial score (nSPS) is 10.9. The van der Waals surface area contributed by atoms with Crippen LogP contribution < -0.4 is 4.74 Å². The summed E-state index contributed by atoms with van der Waals surface area (Å²) in [5, 5.41) is 16.1. The fraction of sp³-hybridized carbons (Fsp3) is 0.375. The zero-order valence-electron chi connectivity index (χ0n) is 13.7. The Morgan fingerprint density at radius 3 is 2.83 bits per heavy atom. The standard InChI is InChI=1S/C16H19N5OS2/c1-3-4-15-17-13(10-23-15)11-24-16-18-19-20-21(16)9-12-5-7-14(22-2)8-6-12/h5-8,10H,3-4,9,11H2,1-2H3. The lowest BCUT2D eigenvalue weighted by Gasteiger charge is -2.05. The number of benzene rings is 1. The van der Waals surface area contributed by atoms with Crippen LogP contribution in [-0.4, -0.2) is 32.3 Å². The summed E-state index contributed by atoms with van der Waals surface area (Å²) in [6.45, 7) is 2.81. The molecule has 0 N–H and O–H groups in total. The molecule has 0 saturated heterocycles. The number of aryl methyl sites for hydroxylation is 1. The van der Waals surface area contributed by atoms with Gasteiger partial charge in [0.25, 0.3) is 0 Å². The van der Waals surface area contributed by atoms with Crippen molar-refractivity contribution in [2.24, 2.45) is 0 Å². The van der Waals surface area contributed by atoms with Crippen LogP contribution in [0, 0.1) is 0 Å². The Morgan fingerprint density at radius 1 is 1.25 bits per heavy atom. The van der Waals surface area contributed by atoms with Gasteiger partial charge in [0.05, 0.1) is 24.4 Å². The van der Waals surface area contributed by atoms with Gasteiger partial charge in [0, 0.05) is 11.1 Å². The van der Waals surface area contributed by atoms with Crippen molar-refractivity contribution in [2.75, 3.05) is 7.11 Å². The van der Waals surface area contributed by atoms with E-state index in [2.05, 4.69) is 32.8 Å². The average Bonchev–Trinajstić information content (AvgIpc) is 3.23. The number of hydrogen-bond acceptors (Lipinski definition) is 7. The van der Waals surface area contributed by atoms with Crippen molar-refractivity contribution in [1.29, 1.82) is 0 Å². The number of methoxy groups -OCH3 is 1. The zero-order valence-corrected chi connectivity index (χ0v) is 15.3. The van der Waals surface area contributed by atoms with Gasteiger partial charge < -0.3 is 4.74 Å². The number of tetrazole rings is 1. The monoisotopic (exact) mass is 361 g/mol. The van der Waals surface area contributed by atoms with Gasteiger partial charge in [0.15, 0.2) is 0 Å². The molecule has 0 bridgehead atoms. The molecule has 0 amide bonds. The van der Waals surface area contributed by atoms with Crippen LogP contribution in [0.15, 0.2) is 34.8 Å². The quantitative estimate of drug-likeness (QED) is 0.573. The van der Waals surface area contributed by atoms with Gasteiger partial charge in [-0.15, -0.1) is 16.4 Å². The molecule has 0 atom stereocenters. The largest absolute Gasteiger partial charge is 0.497 e. The van der Waals surface area contributed by atoms with Gasteiger partial charge in [0.1, 0.15) is 5.75 Å². The lowest BCUT2D eigenvalue weighted by atomic mass is 10.2. The lowest BCUT2D eigenvalue weighted by Crippen LogP contribution is -2.04. The maximum Gasteiger partial charge on any atom is 0.210 e. The van der Waals surface area contributed by atoms with Crippen LogP contribution in [0.2, 0.25) is 0 Å². The van der Waals surface area contributed by atoms with Crippen molar-refractivity contribution in [3.05, 3.63) is 45.9 Å². The van der Waals surface area contributed by atoms with E-state index in [1.54, 1.807) is 30.2 Å². The summed E-state index contributed by atoms with van der Waals surface area (Å²) in [4.78, 5) is 4.64. The van der Waals surface area contributed by atoms with E-state index in [4.69, 9.17) is 4.74 Å². The number of nitrogens with zero attached hydrogens (tertiary/aromatic N) is 5. The van der Waals surface area contributed by atoms with E-state index in [1.165, 1.54) is 5.01 Å². The predicted octanol–water partition coefficient (Wildman–Crippen LogP) is 3.43. The molecule has 0 aliphatic carbocycles. The van der Waals surface area contributed by atoms with Gasteiger partial charge in [-0.1, -0.05) is 30.8 Å². The third-order valence-corrected chi connectivity index (χ3v) is 5.35. The minimum absolute atomic E-state index is 0.636. The highest BCUT2D eigenvalue weighted by molar-refractivity contribution is 7.98. The van der Waals surface area contributed by atoms with E-state index < -0.39 is 0 Å². The van der Waals surface area contributed by atoms with Gasteiger partial charge in [-0.3, -0.25) is 0 Å². The second-order valence-corrected chi connectivity index (χ2v) is 7.12. The van der Waals surface area contributed by atoms with Crippen LogP contribution >= 0.6 is 23.1 Å². The maximum absolute atomic E-state index is 5.18. The second kappa shape index (κ2) is 8.25. The van der Waals surface area contributed by atoms with Crippen LogP contribution in [0.25, 0.3) is 0 Å². The summed E-state index contributed by atoms with van der Waals surface area (Å²) >= 11 is 3.34. The van der Waals surface area contributed by atoms with E-state index >= 15 is 0 Å². The molecule has 2 aromatic heterocycles. The fourth-order valence-electron chi connectivity index (χ4n) is 2.19. The smallest absolute Gasteiger partial charge is 0.210 e. The first-order valence-electron chi connectivity index (χ1n) is 7.73. The van der Waals surface area contributed by atoms with Crippen LogP contribution in [-0.2, 0) is 18.7 Å². The number of thioether (sulfide) groups is 1. The van der Waals surface area contributed by atoms with Gasteiger partial charge in [-0.2, -0.15) is 0 Å². The minimum atomic E-state index is 0.636. The number of hydrogen-bond donors (Lipinski definition) is 0. The molecule has 6 nitrogen and oxygen atoms in total. The molecule has 0 radical (unpaired) electrons. The number of ether oxygens (including phenoxy) is 1. The van der Waals surface area contributed by atoms with E-state index in [0.717, 1.165) is 40.8 Å². The lowest BCUT2D eigenvalue weighted by molar-refractivity contribution is 0.414. The molecule has 8 heteroatoms. The number of aromatic nitrogens is 5. The molecule has 3 rings (SSSR count). The summed E-state index contributed by atoms with van der Waals surface area (Å²) in [5.41, 5.74) is 2.22. The maximum atomic E-state index is 5.18.